The Morgan fingerprint density at radius 3 is 2.57 bits per heavy atom. The average molecular weight is 592 g/mol. The number of aromatic nitrogens is 3. The molecule has 2 atom stereocenters. The van der Waals surface area contributed by atoms with Gasteiger partial charge < -0.3 is 29.6 Å². The van der Waals surface area contributed by atoms with Crippen LogP contribution in [0.4, 0.5) is 0 Å². The first-order valence-corrected chi connectivity index (χ1v) is 14.6. The molecule has 10 nitrogen and oxygen atoms in total. The number of carbonyl (C=O) groups is 3. The number of aliphatic carboxylic acids is 1. The van der Waals surface area contributed by atoms with Crippen molar-refractivity contribution >= 4 is 28.7 Å². The van der Waals surface area contributed by atoms with Crippen LogP contribution in [0.2, 0.25) is 0 Å². The summed E-state index contributed by atoms with van der Waals surface area (Å²) in [4.78, 5) is 43.3. The summed E-state index contributed by atoms with van der Waals surface area (Å²) in [6.45, 7) is 1.82. The lowest BCUT2D eigenvalue weighted by molar-refractivity contribution is -0.141. The van der Waals surface area contributed by atoms with Crippen LogP contribution < -0.4 is 10.6 Å². The molecule has 3 aromatic heterocycles. The van der Waals surface area contributed by atoms with Crippen molar-refractivity contribution in [2.75, 3.05) is 19.8 Å². The van der Waals surface area contributed by atoms with Gasteiger partial charge in [-0.25, -0.2) is 0 Å². The van der Waals surface area contributed by atoms with Gasteiger partial charge in [-0.3, -0.25) is 19.4 Å². The minimum absolute atomic E-state index is 0.255. The second-order valence-corrected chi connectivity index (χ2v) is 10.8. The van der Waals surface area contributed by atoms with Gasteiger partial charge in [0.25, 0.3) is 0 Å². The number of para-hydroxylation sites is 1. The first-order valence-electron chi connectivity index (χ1n) is 14.6. The van der Waals surface area contributed by atoms with Gasteiger partial charge in [-0.1, -0.05) is 48.5 Å². The van der Waals surface area contributed by atoms with Crippen LogP contribution in [-0.4, -0.2) is 62.8 Å². The number of carbonyl (C=O) groups excluding carboxylic acids is 2. The summed E-state index contributed by atoms with van der Waals surface area (Å²) in [5, 5.41) is 16.4. The summed E-state index contributed by atoms with van der Waals surface area (Å²) in [6, 6.07) is 21.4. The topological polar surface area (TPSA) is 127 Å². The van der Waals surface area contributed by atoms with Gasteiger partial charge in [0.1, 0.15) is 12.1 Å². The van der Waals surface area contributed by atoms with Crippen LogP contribution in [0.1, 0.15) is 18.0 Å². The Morgan fingerprint density at radius 2 is 1.77 bits per heavy atom. The van der Waals surface area contributed by atoms with Crippen molar-refractivity contribution < 1.29 is 24.2 Å². The molecule has 44 heavy (non-hydrogen) atoms. The van der Waals surface area contributed by atoms with Crippen LogP contribution in [-0.2, 0) is 32.1 Å². The maximum absolute atomic E-state index is 13.7. The lowest BCUT2D eigenvalue weighted by Crippen LogP contribution is -2.50. The van der Waals surface area contributed by atoms with E-state index in [0.29, 0.717) is 26.3 Å². The highest BCUT2D eigenvalue weighted by atomic mass is 16.5. The normalized spacial score (nSPS) is 16.4. The average Bonchev–Trinajstić information content (AvgIpc) is 3.66. The van der Waals surface area contributed by atoms with Gasteiger partial charge in [0.05, 0.1) is 25.3 Å². The maximum atomic E-state index is 13.7. The van der Waals surface area contributed by atoms with Crippen molar-refractivity contribution in [2.24, 2.45) is 0 Å². The van der Waals surface area contributed by atoms with Crippen LogP contribution in [0.3, 0.4) is 0 Å². The summed E-state index contributed by atoms with van der Waals surface area (Å²) < 4.78 is 9.39. The molecule has 2 aromatic carbocycles. The monoisotopic (exact) mass is 591 g/mol. The van der Waals surface area contributed by atoms with Crippen molar-refractivity contribution in [2.45, 2.75) is 31.5 Å². The summed E-state index contributed by atoms with van der Waals surface area (Å²) >= 11 is 0. The quantitative estimate of drug-likeness (QED) is 0.262. The minimum atomic E-state index is -1.12. The SMILES string of the molecule is O=C(O)C[C@H](C(=O)N[C@H]1Cc2cn(c3ccccc23)CCOCCNC1=O)n1ccc(-c2ccc(-c3ccccn3)cc2)c1. The predicted octanol–water partition coefficient (Wildman–Crippen LogP) is 4.06. The highest BCUT2D eigenvalue weighted by Crippen LogP contribution is 2.27. The standard InChI is InChI=1S/C34H33N5O5/c40-32(41)20-31(38-15-12-25(21-38)23-8-10-24(11-9-23)28-6-3-4-13-35-28)34(43)37-29-19-26-22-39(30-7-2-1-5-27(26)30)16-18-44-17-14-36-33(29)42/h1-13,15,21-22,29,31H,14,16-20H2,(H,36,42)(H,37,43)(H,40,41)/t29-,31+/m0/s1. The number of amides is 2. The number of hydrogen-bond acceptors (Lipinski definition) is 5. The lowest BCUT2D eigenvalue weighted by Gasteiger charge is -2.23. The second kappa shape index (κ2) is 13.0. The molecule has 2 amide bonds. The number of fused-ring (bicyclic) bond motifs is 5. The van der Waals surface area contributed by atoms with E-state index < -0.39 is 30.4 Å². The molecule has 0 unspecified atom stereocenters. The second-order valence-electron chi connectivity index (χ2n) is 10.8. The van der Waals surface area contributed by atoms with Crippen molar-refractivity contribution in [3.05, 3.63) is 103 Å². The van der Waals surface area contributed by atoms with Gasteiger partial charge in [-0.05, 0) is 41.0 Å². The molecule has 0 fully saturated rings. The van der Waals surface area contributed by atoms with Crippen LogP contribution in [0.5, 0.6) is 0 Å². The molecule has 0 radical (unpaired) electrons. The van der Waals surface area contributed by atoms with Crippen molar-refractivity contribution in [3.8, 4) is 22.4 Å². The van der Waals surface area contributed by atoms with Gasteiger partial charge in [0.15, 0.2) is 0 Å². The molecule has 1 aliphatic heterocycles. The molecule has 0 saturated carbocycles. The smallest absolute Gasteiger partial charge is 0.306 e. The van der Waals surface area contributed by atoms with E-state index in [2.05, 4.69) is 20.2 Å². The predicted molar refractivity (Wildman–Crippen MR) is 166 cm³/mol. The molecule has 5 aromatic rings. The lowest BCUT2D eigenvalue weighted by atomic mass is 10.0. The van der Waals surface area contributed by atoms with Gasteiger partial charge in [-0.15, -0.1) is 0 Å². The zero-order valence-electron chi connectivity index (χ0n) is 24.1. The van der Waals surface area contributed by atoms with E-state index in [0.717, 1.165) is 38.9 Å². The van der Waals surface area contributed by atoms with Gasteiger partial charge in [-0.2, -0.15) is 0 Å². The number of rotatable bonds is 7. The molecule has 0 aliphatic carbocycles. The van der Waals surface area contributed by atoms with Gasteiger partial charge >= 0.3 is 5.97 Å². The fraction of sp³-hybridized carbons (Fsp3) is 0.235. The molecule has 10 heteroatoms. The summed E-state index contributed by atoms with van der Waals surface area (Å²) in [5.74, 6) is -2.02. The van der Waals surface area contributed by atoms with E-state index in [1.165, 1.54) is 0 Å². The van der Waals surface area contributed by atoms with Crippen molar-refractivity contribution in [3.63, 3.8) is 0 Å². The molecule has 2 bridgehead atoms. The van der Waals surface area contributed by atoms with E-state index in [1.807, 2.05) is 79.0 Å². The van der Waals surface area contributed by atoms with E-state index >= 15 is 0 Å². The molecule has 1 aliphatic rings. The highest BCUT2D eigenvalue weighted by Gasteiger charge is 2.29. The number of pyridine rings is 1. The van der Waals surface area contributed by atoms with Crippen LogP contribution in [0, 0.1) is 0 Å². The summed E-state index contributed by atoms with van der Waals surface area (Å²) in [7, 11) is 0. The summed E-state index contributed by atoms with van der Waals surface area (Å²) in [6.07, 6.45) is 7.01. The summed E-state index contributed by atoms with van der Waals surface area (Å²) in [5.41, 5.74) is 5.51. The van der Waals surface area contributed by atoms with Gasteiger partial charge in [0.2, 0.25) is 11.8 Å². The molecule has 224 valence electrons. The maximum Gasteiger partial charge on any atom is 0.306 e. The molecular weight excluding hydrogens is 558 g/mol. The Balaban J connectivity index is 1.25. The molecule has 3 N–H and O–H groups in total. The van der Waals surface area contributed by atoms with Crippen LogP contribution in [0.25, 0.3) is 33.3 Å². The zero-order chi connectivity index (χ0) is 30.5. The largest absolute Gasteiger partial charge is 0.481 e. The third-order valence-electron chi connectivity index (χ3n) is 7.87. The molecule has 6 rings (SSSR count). The number of benzene rings is 2. The van der Waals surface area contributed by atoms with E-state index in [4.69, 9.17) is 4.74 Å². The van der Waals surface area contributed by atoms with Crippen molar-refractivity contribution in [1.82, 2.24) is 24.8 Å². The number of carboxylic acid groups (broad SMARTS) is 1. The number of hydrogen-bond donors (Lipinski definition) is 3. The van der Waals surface area contributed by atoms with Crippen LogP contribution in [0.15, 0.2) is 97.6 Å². The Kier molecular flexibility index (Phi) is 8.51. The Morgan fingerprint density at radius 1 is 0.977 bits per heavy atom. The molecule has 0 spiro atoms. The number of carboxylic acids is 1. The number of nitrogens with one attached hydrogen (secondary N) is 2. The number of nitrogens with zero attached hydrogens (tertiary/aromatic N) is 3. The fourth-order valence-corrected chi connectivity index (χ4v) is 5.65. The zero-order valence-corrected chi connectivity index (χ0v) is 24.1. The third-order valence-corrected chi connectivity index (χ3v) is 7.87. The molecular formula is C34H33N5O5. The molecule has 4 heterocycles. The van der Waals surface area contributed by atoms with E-state index in [1.54, 1.807) is 23.2 Å². The number of ether oxygens (including phenoxy) is 1. The van der Waals surface area contributed by atoms with E-state index in [9.17, 15) is 19.5 Å². The Bertz CT molecular complexity index is 1780. The fourth-order valence-electron chi connectivity index (χ4n) is 5.65. The Hall–Kier alpha value is -5.22. The van der Waals surface area contributed by atoms with E-state index in [-0.39, 0.29) is 12.3 Å². The van der Waals surface area contributed by atoms with Crippen molar-refractivity contribution in [1.29, 1.82) is 0 Å². The minimum Gasteiger partial charge on any atom is -0.481 e. The first kappa shape index (κ1) is 28.9. The Labute approximate surface area is 254 Å². The third kappa shape index (κ3) is 6.40. The first-order chi connectivity index (χ1) is 21.5. The highest BCUT2D eigenvalue weighted by molar-refractivity contribution is 5.92. The van der Waals surface area contributed by atoms with Gasteiger partial charge in [0, 0.05) is 60.8 Å². The molecule has 0 saturated heterocycles. The van der Waals surface area contributed by atoms with Crippen LogP contribution >= 0.6 is 0 Å².